The van der Waals surface area contributed by atoms with Gasteiger partial charge in [0, 0.05) is 0 Å². The van der Waals surface area contributed by atoms with Crippen molar-refractivity contribution in [2.24, 2.45) is 11.2 Å². The zero-order valence-corrected chi connectivity index (χ0v) is 3.38. The second-order valence-corrected chi connectivity index (χ2v) is 0.370. The lowest BCUT2D eigenvalue weighted by molar-refractivity contribution is 0.312. The molecule has 0 fully saturated rings. The van der Waals surface area contributed by atoms with Crippen molar-refractivity contribution in [3.63, 3.8) is 0 Å². The van der Waals surface area contributed by atoms with Crippen LogP contribution in [0.4, 0.5) is 0 Å². The van der Waals surface area contributed by atoms with Gasteiger partial charge in [0.2, 0.25) is 0 Å². The smallest absolute Gasteiger partial charge is 0.152 e. The summed E-state index contributed by atoms with van der Waals surface area (Å²) in [7, 11) is 1.65. The van der Waals surface area contributed by atoms with Crippen molar-refractivity contribution in [3.8, 4) is 0 Å². The van der Waals surface area contributed by atoms with Crippen LogP contribution in [-0.2, 0) is 0 Å². The fourth-order valence-corrected chi connectivity index (χ4v) is 0. The predicted octanol–water partition coefficient (Wildman–Crippen LogP) is -0.778. The topological polar surface area (TPSA) is 87.7 Å². The quantitative estimate of drug-likeness (QED) is 0.208. The van der Waals surface area contributed by atoms with Crippen molar-refractivity contribution in [3.05, 3.63) is 4.91 Å². The molecule has 0 bridgehead atoms. The minimum Gasteiger partial charge on any atom is -0.379 e. The average Bonchev–Trinajstić information content (AvgIpc) is 1.39. The maximum Gasteiger partial charge on any atom is 0.152 e. The lowest BCUT2D eigenvalue weighted by Crippen LogP contribution is -2.13. The summed E-state index contributed by atoms with van der Waals surface area (Å²) >= 11 is 0. The lowest BCUT2D eigenvalue weighted by Gasteiger charge is -1.62. The molecule has 0 saturated carbocycles. The van der Waals surface area contributed by atoms with Crippen LogP contribution in [0, 0.1) is 4.91 Å². The van der Waals surface area contributed by atoms with Crippen LogP contribution in [0.2, 0.25) is 0 Å². The molecule has 0 aromatic heterocycles. The Hall–Kier alpha value is -0.680. The van der Waals surface area contributed by atoms with Gasteiger partial charge in [-0.05, 0) is 7.05 Å². The molecule has 0 spiro atoms. The summed E-state index contributed by atoms with van der Waals surface area (Å²) in [6.45, 7) is 0. The summed E-state index contributed by atoms with van der Waals surface area (Å²) in [6.07, 6.45) is 0. The lowest BCUT2D eigenvalue weighted by atomic mass is 11.5. The van der Waals surface area contributed by atoms with Crippen LogP contribution in [0.15, 0.2) is 5.34 Å². The predicted molar refractivity (Wildman–Crippen MR) is 20.8 cm³/mol. The van der Waals surface area contributed by atoms with E-state index >= 15 is 0 Å². The Morgan fingerprint density at radius 1 is 2.00 bits per heavy atom. The molecular weight excluding hydrogens is 86.0 g/mol. The molecule has 0 aliphatic carbocycles. The Morgan fingerprint density at radius 3 is 2.00 bits per heavy atom. The molecule has 0 heterocycles. The fourth-order valence-electron chi connectivity index (χ4n) is 0. The van der Waals surface area contributed by atoms with Crippen LogP contribution in [0.1, 0.15) is 0 Å². The van der Waals surface area contributed by atoms with Gasteiger partial charge in [0.25, 0.3) is 0 Å². The highest BCUT2D eigenvalue weighted by Gasteiger charge is 1.22. The molecule has 5 heteroatoms. The maximum absolute atomic E-state index is 8.11. The molecular formula is CH7N3O2. The van der Waals surface area contributed by atoms with Crippen molar-refractivity contribution < 1.29 is 5.21 Å². The first-order valence-electron chi connectivity index (χ1n) is 1.17. The summed E-state index contributed by atoms with van der Waals surface area (Å²) < 4.78 is 0. The van der Waals surface area contributed by atoms with Crippen LogP contribution in [0.5, 0.6) is 0 Å². The first-order valence-corrected chi connectivity index (χ1v) is 1.17. The molecule has 38 valence electrons. The molecule has 0 radical (unpaired) electrons. The molecule has 0 unspecified atom stereocenters. The van der Waals surface area contributed by atoms with E-state index < -0.39 is 0 Å². The van der Waals surface area contributed by atoms with Gasteiger partial charge in [-0.3, -0.25) is 11.3 Å². The standard InChI is InChI=1S/CH6N2.HNO2/c1-3-2;2-1-3/h3H,2H2,1H3;(H,2,3). The van der Waals surface area contributed by atoms with E-state index in [-0.39, 0.29) is 0 Å². The highest BCUT2D eigenvalue weighted by atomic mass is 16.6. The summed E-state index contributed by atoms with van der Waals surface area (Å²) in [4.78, 5) is 8.11. The van der Waals surface area contributed by atoms with Crippen molar-refractivity contribution in [1.29, 1.82) is 0 Å². The van der Waals surface area contributed by atoms with E-state index in [1.807, 2.05) is 0 Å². The summed E-state index contributed by atoms with van der Waals surface area (Å²) in [5, 5.41) is 7.89. The molecule has 5 nitrogen and oxygen atoms in total. The summed E-state index contributed by atoms with van der Waals surface area (Å²) in [5.74, 6) is 4.60. The molecule has 0 saturated heterocycles. The van der Waals surface area contributed by atoms with E-state index in [0.717, 1.165) is 0 Å². The van der Waals surface area contributed by atoms with Gasteiger partial charge < -0.3 is 5.21 Å². The van der Waals surface area contributed by atoms with Gasteiger partial charge in [-0.15, -0.1) is 4.91 Å². The van der Waals surface area contributed by atoms with Crippen LogP contribution < -0.4 is 11.3 Å². The Balaban J connectivity index is 0. The fraction of sp³-hybridized carbons (Fsp3) is 1.00. The monoisotopic (exact) mass is 93.1 g/mol. The minimum absolute atomic E-state index is 1.25. The number of nitrogens with one attached hydrogen (secondary N) is 1. The van der Waals surface area contributed by atoms with Gasteiger partial charge in [0.1, 0.15) is 0 Å². The average molecular weight is 93.1 g/mol. The van der Waals surface area contributed by atoms with E-state index in [9.17, 15) is 0 Å². The van der Waals surface area contributed by atoms with Crippen LogP contribution in [0.3, 0.4) is 0 Å². The molecule has 0 rings (SSSR count). The zero-order chi connectivity index (χ0) is 5.41. The number of rotatable bonds is 0. The third kappa shape index (κ3) is 38.6. The Bertz CT molecular complexity index is 22.8. The molecule has 4 N–H and O–H groups in total. The first-order chi connectivity index (χ1) is 2.83. The van der Waals surface area contributed by atoms with E-state index in [2.05, 4.69) is 11.3 Å². The molecule has 0 atom stereocenters. The zero-order valence-electron chi connectivity index (χ0n) is 3.38. The van der Waals surface area contributed by atoms with E-state index in [1.165, 1.54) is 5.34 Å². The minimum atomic E-state index is 1.25. The highest BCUT2D eigenvalue weighted by Crippen LogP contribution is 1.25. The summed E-state index contributed by atoms with van der Waals surface area (Å²) in [6, 6.07) is 0. The number of hydrazine groups is 1. The van der Waals surface area contributed by atoms with Crippen LogP contribution in [0.25, 0.3) is 0 Å². The van der Waals surface area contributed by atoms with Gasteiger partial charge in [0.05, 0.1) is 0 Å². The third-order valence-electron chi connectivity index (χ3n) is 0. The van der Waals surface area contributed by atoms with E-state index in [4.69, 9.17) is 10.1 Å². The second-order valence-electron chi connectivity index (χ2n) is 0.370. The highest BCUT2D eigenvalue weighted by molar-refractivity contribution is 3.83. The number of nitrogens with two attached hydrogens (primary N) is 1. The van der Waals surface area contributed by atoms with Gasteiger partial charge in [-0.1, -0.05) is 0 Å². The molecule has 0 aliphatic heterocycles. The maximum atomic E-state index is 8.11. The van der Waals surface area contributed by atoms with Crippen molar-refractivity contribution >= 4 is 0 Å². The SMILES string of the molecule is CNN.O=NO. The van der Waals surface area contributed by atoms with Gasteiger partial charge in [-0.25, -0.2) is 0 Å². The third-order valence-corrected chi connectivity index (χ3v) is 0. The molecule has 0 amide bonds. The number of hydrogen-bond donors (Lipinski definition) is 3. The molecule has 0 aliphatic rings. The molecule has 0 aromatic carbocycles. The largest absolute Gasteiger partial charge is 0.379 e. The summed E-state index contributed by atoms with van der Waals surface area (Å²) in [5.41, 5.74) is 2.25. The number of nitrogens with zero attached hydrogens (tertiary/aromatic N) is 1. The van der Waals surface area contributed by atoms with E-state index in [0.29, 0.717) is 0 Å². The molecule has 6 heavy (non-hydrogen) atoms. The van der Waals surface area contributed by atoms with Gasteiger partial charge >= 0.3 is 0 Å². The molecule has 0 aromatic rings. The second kappa shape index (κ2) is 27.3. The van der Waals surface area contributed by atoms with Crippen LogP contribution >= 0.6 is 0 Å². The Morgan fingerprint density at radius 2 is 2.00 bits per heavy atom. The van der Waals surface area contributed by atoms with Crippen molar-refractivity contribution in [2.45, 2.75) is 0 Å². The van der Waals surface area contributed by atoms with Crippen molar-refractivity contribution in [1.82, 2.24) is 5.43 Å². The number of hydrogen-bond acceptors (Lipinski definition) is 4. The van der Waals surface area contributed by atoms with E-state index in [1.54, 1.807) is 7.05 Å². The first kappa shape index (κ1) is 9.01. The Labute approximate surface area is 35.0 Å². The Kier molecular flexibility index (Phi) is 41.0. The van der Waals surface area contributed by atoms with Crippen molar-refractivity contribution in [2.75, 3.05) is 7.05 Å². The van der Waals surface area contributed by atoms with Gasteiger partial charge in [0.15, 0.2) is 5.34 Å². The van der Waals surface area contributed by atoms with Gasteiger partial charge in [-0.2, -0.15) is 0 Å². The normalized spacial score (nSPS) is 5.00. The van der Waals surface area contributed by atoms with Crippen LogP contribution in [-0.4, -0.2) is 12.3 Å².